The molecule has 108 valence electrons. The van der Waals surface area contributed by atoms with Gasteiger partial charge in [-0.05, 0) is 20.3 Å². The van der Waals surface area contributed by atoms with Gasteiger partial charge in [0.25, 0.3) is 0 Å². The van der Waals surface area contributed by atoms with Crippen LogP contribution in [0.1, 0.15) is 32.2 Å². The van der Waals surface area contributed by atoms with E-state index >= 15 is 0 Å². The van der Waals surface area contributed by atoms with Crippen molar-refractivity contribution in [1.82, 2.24) is 19.7 Å². The number of ether oxygens (including phenoxy) is 2. The number of morpholine rings is 1. The summed E-state index contributed by atoms with van der Waals surface area (Å²) < 4.78 is 13.3. The van der Waals surface area contributed by atoms with Gasteiger partial charge < -0.3 is 14.0 Å². The molecule has 1 aromatic rings. The van der Waals surface area contributed by atoms with Gasteiger partial charge in [0.2, 0.25) is 0 Å². The van der Waals surface area contributed by atoms with E-state index in [0.717, 1.165) is 45.1 Å². The van der Waals surface area contributed by atoms with Crippen LogP contribution in [-0.2, 0) is 16.5 Å². The van der Waals surface area contributed by atoms with E-state index < -0.39 is 0 Å². The van der Waals surface area contributed by atoms with Crippen molar-refractivity contribution in [2.45, 2.75) is 32.5 Å². The van der Waals surface area contributed by atoms with Crippen molar-refractivity contribution in [2.75, 3.05) is 32.8 Å². The second-order valence-corrected chi connectivity index (χ2v) is 5.23. The lowest BCUT2D eigenvalue weighted by Crippen LogP contribution is -2.40. The fraction of sp³-hybridized carbons (Fsp3) is 0.846. The Labute approximate surface area is 114 Å². The van der Waals surface area contributed by atoms with Crippen LogP contribution in [0.2, 0.25) is 0 Å². The van der Waals surface area contributed by atoms with Crippen molar-refractivity contribution < 1.29 is 9.47 Å². The molecular weight excluding hydrogens is 244 g/mol. The first kappa shape index (κ1) is 14.4. The molecule has 1 atom stereocenters. The first-order chi connectivity index (χ1) is 9.16. The molecule has 0 N–H and O–H groups in total. The summed E-state index contributed by atoms with van der Waals surface area (Å²) in [6.07, 6.45) is 3.13. The molecule has 0 saturated carbocycles. The Balaban J connectivity index is 1.76. The number of aromatic nitrogens is 3. The Morgan fingerprint density at radius 2 is 2.37 bits per heavy atom. The van der Waals surface area contributed by atoms with E-state index in [1.165, 1.54) is 0 Å². The molecule has 6 heteroatoms. The van der Waals surface area contributed by atoms with Crippen LogP contribution in [0, 0.1) is 0 Å². The van der Waals surface area contributed by atoms with Crippen molar-refractivity contribution in [1.29, 1.82) is 0 Å². The maximum Gasteiger partial charge on any atom is 0.163 e. The van der Waals surface area contributed by atoms with Gasteiger partial charge in [-0.2, -0.15) is 0 Å². The highest BCUT2D eigenvalue weighted by molar-refractivity contribution is 4.93. The highest BCUT2D eigenvalue weighted by Crippen LogP contribution is 2.19. The SMILES string of the molecule is CC(C)OCCCN1CCO[C@@H](c2nncn2C)C1. The number of rotatable bonds is 6. The predicted octanol–water partition coefficient (Wildman–Crippen LogP) is 1.00. The number of nitrogens with zero attached hydrogens (tertiary/aromatic N) is 4. The fourth-order valence-corrected chi connectivity index (χ4v) is 2.25. The van der Waals surface area contributed by atoms with Gasteiger partial charge in [0, 0.05) is 33.3 Å². The zero-order valence-electron chi connectivity index (χ0n) is 12.1. The van der Waals surface area contributed by atoms with Gasteiger partial charge in [0.1, 0.15) is 12.4 Å². The van der Waals surface area contributed by atoms with Gasteiger partial charge in [-0.3, -0.25) is 4.90 Å². The average molecular weight is 268 g/mol. The van der Waals surface area contributed by atoms with Crippen LogP contribution >= 0.6 is 0 Å². The molecule has 1 aromatic heterocycles. The predicted molar refractivity (Wildman–Crippen MR) is 71.8 cm³/mol. The maximum absolute atomic E-state index is 5.78. The maximum atomic E-state index is 5.78. The van der Waals surface area contributed by atoms with E-state index in [1.54, 1.807) is 6.33 Å². The van der Waals surface area contributed by atoms with Crippen molar-refractivity contribution in [3.8, 4) is 0 Å². The molecule has 1 aliphatic heterocycles. The van der Waals surface area contributed by atoms with Crippen molar-refractivity contribution >= 4 is 0 Å². The Kier molecular flexibility index (Phi) is 5.30. The largest absolute Gasteiger partial charge is 0.379 e. The number of hydrogen-bond acceptors (Lipinski definition) is 5. The molecule has 2 rings (SSSR count). The van der Waals surface area contributed by atoms with Gasteiger partial charge >= 0.3 is 0 Å². The number of aryl methyl sites for hydroxylation is 1. The van der Waals surface area contributed by atoms with Crippen LogP contribution in [0.5, 0.6) is 0 Å². The Hall–Kier alpha value is -0.980. The molecule has 0 unspecified atom stereocenters. The van der Waals surface area contributed by atoms with Crippen LogP contribution in [0.4, 0.5) is 0 Å². The first-order valence-electron chi connectivity index (χ1n) is 6.96. The van der Waals surface area contributed by atoms with E-state index in [0.29, 0.717) is 6.10 Å². The second kappa shape index (κ2) is 6.98. The molecule has 1 saturated heterocycles. The Morgan fingerprint density at radius 3 is 3.05 bits per heavy atom. The highest BCUT2D eigenvalue weighted by atomic mass is 16.5. The van der Waals surface area contributed by atoms with Crippen LogP contribution in [0.25, 0.3) is 0 Å². The molecule has 6 nitrogen and oxygen atoms in total. The lowest BCUT2D eigenvalue weighted by Gasteiger charge is -2.32. The summed E-state index contributed by atoms with van der Waals surface area (Å²) in [4.78, 5) is 2.41. The van der Waals surface area contributed by atoms with Gasteiger partial charge in [0.05, 0.1) is 12.7 Å². The molecule has 0 amide bonds. The number of hydrogen-bond donors (Lipinski definition) is 0. The third kappa shape index (κ3) is 4.26. The van der Waals surface area contributed by atoms with E-state index in [9.17, 15) is 0 Å². The van der Waals surface area contributed by atoms with Gasteiger partial charge in [0.15, 0.2) is 5.82 Å². The third-order valence-electron chi connectivity index (χ3n) is 3.25. The standard InChI is InChI=1S/C13H24N4O2/c1-11(2)18-7-4-5-17-6-8-19-12(9-17)13-15-14-10-16(13)3/h10-12H,4-9H2,1-3H3/t12-/m1/s1. The summed E-state index contributed by atoms with van der Waals surface area (Å²) in [5.41, 5.74) is 0. The monoisotopic (exact) mass is 268 g/mol. The third-order valence-corrected chi connectivity index (χ3v) is 3.25. The smallest absolute Gasteiger partial charge is 0.163 e. The van der Waals surface area contributed by atoms with Crippen molar-refractivity contribution in [3.63, 3.8) is 0 Å². The minimum atomic E-state index is 0.0345. The Morgan fingerprint density at radius 1 is 1.53 bits per heavy atom. The molecule has 19 heavy (non-hydrogen) atoms. The minimum Gasteiger partial charge on any atom is -0.379 e. The molecule has 0 aromatic carbocycles. The zero-order valence-corrected chi connectivity index (χ0v) is 12.1. The molecule has 0 radical (unpaired) electrons. The van der Waals surface area contributed by atoms with Crippen molar-refractivity contribution in [3.05, 3.63) is 12.2 Å². The summed E-state index contributed by atoms with van der Waals surface area (Å²) in [6.45, 7) is 8.62. The second-order valence-electron chi connectivity index (χ2n) is 5.23. The molecule has 1 aliphatic rings. The van der Waals surface area contributed by atoms with Crippen LogP contribution < -0.4 is 0 Å². The van der Waals surface area contributed by atoms with E-state index in [1.807, 2.05) is 11.6 Å². The first-order valence-corrected chi connectivity index (χ1v) is 6.96. The lowest BCUT2D eigenvalue weighted by atomic mass is 10.2. The zero-order chi connectivity index (χ0) is 13.7. The lowest BCUT2D eigenvalue weighted by molar-refractivity contribution is -0.0387. The summed E-state index contributed by atoms with van der Waals surface area (Å²) in [5, 5.41) is 8.04. The van der Waals surface area contributed by atoms with E-state index in [-0.39, 0.29) is 6.10 Å². The molecular formula is C13H24N4O2. The topological polar surface area (TPSA) is 52.4 Å². The summed E-state index contributed by atoms with van der Waals surface area (Å²) in [7, 11) is 1.95. The van der Waals surface area contributed by atoms with E-state index in [2.05, 4.69) is 28.9 Å². The molecule has 2 heterocycles. The van der Waals surface area contributed by atoms with Gasteiger partial charge in [-0.15, -0.1) is 10.2 Å². The molecule has 0 bridgehead atoms. The van der Waals surface area contributed by atoms with Gasteiger partial charge in [-0.1, -0.05) is 0 Å². The quantitative estimate of drug-likeness (QED) is 0.721. The van der Waals surface area contributed by atoms with Gasteiger partial charge in [-0.25, -0.2) is 0 Å². The fourth-order valence-electron chi connectivity index (χ4n) is 2.25. The van der Waals surface area contributed by atoms with Crippen LogP contribution in [0.3, 0.4) is 0 Å². The highest BCUT2D eigenvalue weighted by Gasteiger charge is 2.24. The summed E-state index contributed by atoms with van der Waals surface area (Å²) >= 11 is 0. The molecule has 1 fully saturated rings. The van der Waals surface area contributed by atoms with Crippen LogP contribution in [-0.4, -0.2) is 58.6 Å². The molecule has 0 spiro atoms. The molecule has 0 aliphatic carbocycles. The average Bonchev–Trinajstić information content (AvgIpc) is 2.81. The van der Waals surface area contributed by atoms with Crippen LogP contribution in [0.15, 0.2) is 6.33 Å². The Bertz CT molecular complexity index is 380. The normalized spacial score (nSPS) is 21.2. The van der Waals surface area contributed by atoms with Crippen molar-refractivity contribution in [2.24, 2.45) is 7.05 Å². The van der Waals surface area contributed by atoms with E-state index in [4.69, 9.17) is 9.47 Å². The summed E-state index contributed by atoms with van der Waals surface area (Å²) in [6, 6.07) is 0. The summed E-state index contributed by atoms with van der Waals surface area (Å²) in [5.74, 6) is 0.906. The minimum absolute atomic E-state index is 0.0345.